The van der Waals surface area contributed by atoms with Gasteiger partial charge < -0.3 is 11.1 Å². The molecule has 0 spiro atoms. The summed E-state index contributed by atoms with van der Waals surface area (Å²) in [6.07, 6.45) is 3.96. The average Bonchev–Trinajstić information content (AvgIpc) is 2.45. The van der Waals surface area contributed by atoms with E-state index in [1.54, 1.807) is 6.07 Å². The topological polar surface area (TPSA) is 79.5 Å². The molecule has 0 aliphatic carbocycles. The van der Waals surface area contributed by atoms with Crippen molar-refractivity contribution in [3.63, 3.8) is 0 Å². The van der Waals surface area contributed by atoms with Crippen LogP contribution in [-0.2, 0) is 6.42 Å². The van der Waals surface area contributed by atoms with E-state index in [0.29, 0.717) is 17.3 Å². The standard InChI is InChI=1S/C15H23ClN4O/c1-3-5-6-10-18-14(17)20-15(21)19-13-11(4-2)8-7-9-12(13)16/h7-9H,3-6,10H2,1-2H3,(H4,17,18,19,20,21). The first-order valence-corrected chi connectivity index (χ1v) is 7.61. The average molecular weight is 311 g/mol. The number of nitrogens with zero attached hydrogens (tertiary/aromatic N) is 1. The van der Waals surface area contributed by atoms with Crippen molar-refractivity contribution in [3.8, 4) is 0 Å². The van der Waals surface area contributed by atoms with Gasteiger partial charge in [0.1, 0.15) is 0 Å². The molecule has 1 aromatic rings. The van der Waals surface area contributed by atoms with Crippen molar-refractivity contribution in [1.82, 2.24) is 5.32 Å². The van der Waals surface area contributed by atoms with Gasteiger partial charge in [-0.2, -0.15) is 0 Å². The molecule has 0 unspecified atom stereocenters. The van der Waals surface area contributed by atoms with Crippen LogP contribution in [-0.4, -0.2) is 18.5 Å². The van der Waals surface area contributed by atoms with Crippen molar-refractivity contribution in [1.29, 1.82) is 0 Å². The molecule has 0 saturated heterocycles. The molecule has 1 rings (SSSR count). The van der Waals surface area contributed by atoms with Gasteiger partial charge >= 0.3 is 6.03 Å². The second-order valence-corrected chi connectivity index (χ2v) is 5.09. The molecule has 6 heteroatoms. The lowest BCUT2D eigenvalue weighted by atomic mass is 10.1. The molecule has 0 aliphatic rings. The van der Waals surface area contributed by atoms with Gasteiger partial charge in [0.2, 0.25) is 0 Å². The zero-order valence-electron chi connectivity index (χ0n) is 12.6. The number of nitrogens with one attached hydrogen (secondary N) is 2. The Labute approximate surface area is 131 Å². The van der Waals surface area contributed by atoms with Crippen LogP contribution in [0.15, 0.2) is 23.2 Å². The van der Waals surface area contributed by atoms with E-state index in [4.69, 9.17) is 17.3 Å². The summed E-state index contributed by atoms with van der Waals surface area (Å²) in [6, 6.07) is 5.07. The molecule has 1 aromatic carbocycles. The number of anilines is 1. The number of hydrogen-bond acceptors (Lipinski definition) is 2. The SMILES string of the molecule is CCCCCN=C(N)NC(=O)Nc1c(Cl)cccc1CC. The van der Waals surface area contributed by atoms with Gasteiger partial charge in [0.15, 0.2) is 5.96 Å². The number of carbonyl (C=O) groups excluding carboxylic acids is 1. The van der Waals surface area contributed by atoms with Crippen molar-refractivity contribution in [2.75, 3.05) is 11.9 Å². The molecule has 2 amide bonds. The van der Waals surface area contributed by atoms with Crippen LogP contribution < -0.4 is 16.4 Å². The molecule has 0 fully saturated rings. The lowest BCUT2D eigenvalue weighted by Crippen LogP contribution is -2.40. The van der Waals surface area contributed by atoms with Crippen molar-refractivity contribution >= 4 is 29.3 Å². The summed E-state index contributed by atoms with van der Waals surface area (Å²) in [7, 11) is 0. The first-order chi connectivity index (χ1) is 10.1. The van der Waals surface area contributed by atoms with E-state index in [1.165, 1.54) is 0 Å². The van der Waals surface area contributed by atoms with Gasteiger partial charge in [0.25, 0.3) is 0 Å². The zero-order chi connectivity index (χ0) is 15.7. The smallest absolute Gasteiger partial charge is 0.326 e. The maximum Gasteiger partial charge on any atom is 0.326 e. The number of amides is 2. The minimum Gasteiger partial charge on any atom is -0.370 e. The van der Waals surface area contributed by atoms with E-state index < -0.39 is 6.03 Å². The highest BCUT2D eigenvalue weighted by molar-refractivity contribution is 6.34. The molecule has 0 bridgehead atoms. The molecular weight excluding hydrogens is 288 g/mol. The highest BCUT2D eigenvalue weighted by atomic mass is 35.5. The minimum absolute atomic E-state index is 0.119. The number of nitrogens with two attached hydrogens (primary N) is 1. The number of halogens is 1. The molecule has 0 aromatic heterocycles. The Balaban J connectivity index is 2.58. The highest BCUT2D eigenvalue weighted by Crippen LogP contribution is 2.26. The Kier molecular flexibility index (Phi) is 7.61. The summed E-state index contributed by atoms with van der Waals surface area (Å²) in [5.74, 6) is 0.119. The summed E-state index contributed by atoms with van der Waals surface area (Å²) in [6.45, 7) is 4.73. The van der Waals surface area contributed by atoms with Crippen LogP contribution in [0.4, 0.5) is 10.5 Å². The Hall–Kier alpha value is -1.75. The van der Waals surface area contributed by atoms with Gasteiger partial charge in [-0.1, -0.05) is 50.4 Å². The summed E-state index contributed by atoms with van der Waals surface area (Å²) < 4.78 is 0. The third-order valence-corrected chi connectivity index (χ3v) is 3.32. The lowest BCUT2D eigenvalue weighted by Gasteiger charge is -2.12. The number of aliphatic imine (C=N–C) groups is 1. The van der Waals surface area contributed by atoms with Gasteiger partial charge in [-0.25, -0.2) is 4.79 Å². The molecule has 0 aliphatic heterocycles. The second kappa shape index (κ2) is 9.23. The van der Waals surface area contributed by atoms with E-state index in [-0.39, 0.29) is 5.96 Å². The van der Waals surface area contributed by atoms with Gasteiger partial charge in [0.05, 0.1) is 10.7 Å². The number of guanidine groups is 1. The number of carbonyl (C=O) groups is 1. The molecule has 116 valence electrons. The Morgan fingerprint density at radius 3 is 2.76 bits per heavy atom. The number of urea groups is 1. The van der Waals surface area contributed by atoms with E-state index in [1.807, 2.05) is 19.1 Å². The molecule has 0 radical (unpaired) electrons. The summed E-state index contributed by atoms with van der Waals surface area (Å²) in [5, 5.41) is 5.73. The fourth-order valence-corrected chi connectivity index (χ4v) is 2.11. The lowest BCUT2D eigenvalue weighted by molar-refractivity contribution is 0.256. The van der Waals surface area contributed by atoms with Crippen LogP contribution in [0.2, 0.25) is 5.02 Å². The first kappa shape index (κ1) is 17.3. The quantitative estimate of drug-likeness (QED) is 0.427. The van der Waals surface area contributed by atoms with Crippen molar-refractivity contribution in [2.45, 2.75) is 39.5 Å². The first-order valence-electron chi connectivity index (χ1n) is 7.23. The summed E-state index contributed by atoms with van der Waals surface area (Å²) in [4.78, 5) is 16.0. The van der Waals surface area contributed by atoms with Crippen molar-refractivity contribution < 1.29 is 4.79 Å². The third-order valence-electron chi connectivity index (χ3n) is 3.00. The van der Waals surface area contributed by atoms with Gasteiger partial charge in [-0.05, 0) is 24.5 Å². The second-order valence-electron chi connectivity index (χ2n) is 4.68. The summed E-state index contributed by atoms with van der Waals surface area (Å²) in [5.41, 5.74) is 7.24. The summed E-state index contributed by atoms with van der Waals surface area (Å²) >= 11 is 6.10. The third kappa shape index (κ3) is 6.04. The predicted molar refractivity (Wildman–Crippen MR) is 89.0 cm³/mol. The van der Waals surface area contributed by atoms with Crippen LogP contribution in [0, 0.1) is 0 Å². The van der Waals surface area contributed by atoms with E-state index in [0.717, 1.165) is 31.2 Å². The van der Waals surface area contributed by atoms with Crippen molar-refractivity contribution in [2.24, 2.45) is 10.7 Å². The maximum absolute atomic E-state index is 11.9. The van der Waals surface area contributed by atoms with Crippen LogP contribution in [0.1, 0.15) is 38.7 Å². The van der Waals surface area contributed by atoms with Crippen LogP contribution >= 0.6 is 11.6 Å². The highest BCUT2D eigenvalue weighted by Gasteiger charge is 2.10. The fourth-order valence-electron chi connectivity index (χ4n) is 1.87. The number of benzene rings is 1. The molecule has 4 N–H and O–H groups in total. The fraction of sp³-hybridized carbons (Fsp3) is 0.467. The van der Waals surface area contributed by atoms with E-state index >= 15 is 0 Å². The van der Waals surface area contributed by atoms with Crippen molar-refractivity contribution in [3.05, 3.63) is 28.8 Å². The van der Waals surface area contributed by atoms with Crippen LogP contribution in [0.5, 0.6) is 0 Å². The van der Waals surface area contributed by atoms with Gasteiger partial charge in [-0.15, -0.1) is 0 Å². The monoisotopic (exact) mass is 310 g/mol. The maximum atomic E-state index is 11.9. The number of hydrogen-bond donors (Lipinski definition) is 3. The van der Waals surface area contributed by atoms with E-state index in [2.05, 4.69) is 22.5 Å². The van der Waals surface area contributed by atoms with Gasteiger partial charge in [-0.3, -0.25) is 10.3 Å². The van der Waals surface area contributed by atoms with Gasteiger partial charge in [0, 0.05) is 6.54 Å². The molecule has 5 nitrogen and oxygen atoms in total. The van der Waals surface area contributed by atoms with Crippen LogP contribution in [0.3, 0.4) is 0 Å². The molecular formula is C15H23ClN4O. The largest absolute Gasteiger partial charge is 0.370 e. The number of para-hydroxylation sites is 1. The Morgan fingerprint density at radius 1 is 1.33 bits per heavy atom. The van der Waals surface area contributed by atoms with Crippen LogP contribution in [0.25, 0.3) is 0 Å². The number of rotatable bonds is 6. The number of unbranched alkanes of at least 4 members (excludes halogenated alkanes) is 2. The molecule has 0 saturated carbocycles. The molecule has 0 heterocycles. The Morgan fingerprint density at radius 2 is 2.10 bits per heavy atom. The number of aryl methyl sites for hydroxylation is 1. The minimum atomic E-state index is -0.436. The predicted octanol–water partition coefficient (Wildman–Crippen LogP) is 3.53. The zero-order valence-corrected chi connectivity index (χ0v) is 13.3. The molecule has 0 atom stereocenters. The van der Waals surface area contributed by atoms with E-state index in [9.17, 15) is 4.79 Å². The molecule has 21 heavy (non-hydrogen) atoms. The Bertz CT molecular complexity index is 502. The normalized spacial score (nSPS) is 11.3.